The summed E-state index contributed by atoms with van der Waals surface area (Å²) >= 11 is 0. The molecule has 5 nitrogen and oxygen atoms in total. The molecule has 3 aromatic rings. The SMILES string of the molecule is CC(C)CN1CCOc2ccccc2CCCCC2(CCN(C(=O)c3cc4ccccc4[nH]3)CC2)C1. The van der Waals surface area contributed by atoms with Gasteiger partial charge in [-0.05, 0) is 67.2 Å². The molecule has 36 heavy (non-hydrogen) atoms. The van der Waals surface area contributed by atoms with Crippen molar-refractivity contribution >= 4 is 16.8 Å². The Balaban J connectivity index is 1.29. The van der Waals surface area contributed by atoms with Crippen molar-refractivity contribution in [2.24, 2.45) is 11.3 Å². The molecule has 1 aromatic heterocycles. The van der Waals surface area contributed by atoms with Gasteiger partial charge in [-0.1, -0.05) is 56.7 Å². The molecule has 1 fully saturated rings. The Morgan fingerprint density at radius 1 is 1.00 bits per heavy atom. The number of hydrogen-bond acceptors (Lipinski definition) is 3. The second kappa shape index (κ2) is 11.1. The minimum absolute atomic E-state index is 0.137. The van der Waals surface area contributed by atoms with Crippen LogP contribution in [0, 0.1) is 11.3 Å². The first-order valence-electron chi connectivity index (χ1n) is 13.8. The number of hydrogen-bond donors (Lipinski definition) is 1. The lowest BCUT2D eigenvalue weighted by Crippen LogP contribution is -2.49. The van der Waals surface area contributed by atoms with Gasteiger partial charge >= 0.3 is 0 Å². The van der Waals surface area contributed by atoms with E-state index in [1.54, 1.807) is 0 Å². The van der Waals surface area contributed by atoms with Gasteiger partial charge in [0.05, 0.1) is 0 Å². The normalized spacial score (nSPS) is 19.5. The van der Waals surface area contributed by atoms with Gasteiger partial charge in [-0.15, -0.1) is 0 Å². The fourth-order valence-electron chi connectivity index (χ4n) is 6.21. The van der Waals surface area contributed by atoms with Gasteiger partial charge < -0.3 is 14.6 Å². The van der Waals surface area contributed by atoms with Crippen LogP contribution >= 0.6 is 0 Å². The molecule has 3 heterocycles. The fourth-order valence-corrected chi connectivity index (χ4v) is 6.21. The monoisotopic (exact) mass is 487 g/mol. The second-order valence-electron chi connectivity index (χ2n) is 11.4. The van der Waals surface area contributed by atoms with Gasteiger partial charge in [-0.3, -0.25) is 9.69 Å². The number of nitrogens with zero attached hydrogens (tertiary/aromatic N) is 2. The molecule has 0 atom stereocenters. The summed E-state index contributed by atoms with van der Waals surface area (Å²) in [6.07, 6.45) is 6.87. The maximum atomic E-state index is 13.3. The maximum Gasteiger partial charge on any atom is 0.270 e. The predicted molar refractivity (Wildman–Crippen MR) is 147 cm³/mol. The van der Waals surface area contributed by atoms with E-state index >= 15 is 0 Å². The Morgan fingerprint density at radius 2 is 1.78 bits per heavy atom. The Hall–Kier alpha value is -2.79. The molecule has 2 aromatic carbocycles. The zero-order valence-corrected chi connectivity index (χ0v) is 22.0. The van der Waals surface area contributed by atoms with Crippen molar-refractivity contribution < 1.29 is 9.53 Å². The van der Waals surface area contributed by atoms with E-state index in [0.29, 0.717) is 11.6 Å². The van der Waals surface area contributed by atoms with Crippen molar-refractivity contribution in [3.05, 3.63) is 65.9 Å². The highest BCUT2D eigenvalue weighted by molar-refractivity contribution is 5.98. The average Bonchev–Trinajstić information content (AvgIpc) is 3.31. The van der Waals surface area contributed by atoms with Gasteiger partial charge in [-0.25, -0.2) is 0 Å². The number of carbonyl (C=O) groups is 1. The molecule has 1 saturated heterocycles. The highest BCUT2D eigenvalue weighted by atomic mass is 16.5. The van der Waals surface area contributed by atoms with Gasteiger partial charge in [0, 0.05) is 43.6 Å². The Labute approximate surface area is 215 Å². The standard InChI is InChI=1S/C31H41N3O2/c1-24(2)22-33-19-20-36-29-13-6-4-9-25(29)10-7-8-14-31(23-33)15-17-34(18-16-31)30(35)28-21-26-11-3-5-12-27(26)32-28/h3-6,9,11-13,21,24,32H,7-8,10,14-20,22-23H2,1-2H3. The van der Waals surface area contributed by atoms with Crippen LogP contribution in [0.1, 0.15) is 62.0 Å². The molecule has 5 heteroatoms. The average molecular weight is 488 g/mol. The van der Waals surface area contributed by atoms with E-state index in [0.717, 1.165) is 75.2 Å². The zero-order valence-electron chi connectivity index (χ0n) is 22.0. The minimum atomic E-state index is 0.137. The van der Waals surface area contributed by atoms with E-state index in [9.17, 15) is 4.79 Å². The van der Waals surface area contributed by atoms with Crippen molar-refractivity contribution in [3.63, 3.8) is 0 Å². The molecule has 2 aliphatic heterocycles. The molecular formula is C31H41N3O2. The lowest BCUT2D eigenvalue weighted by atomic mass is 9.73. The van der Waals surface area contributed by atoms with Crippen LogP contribution in [0.4, 0.5) is 0 Å². The second-order valence-corrected chi connectivity index (χ2v) is 11.4. The van der Waals surface area contributed by atoms with Crippen LogP contribution in [0.2, 0.25) is 0 Å². The third-order valence-corrected chi connectivity index (χ3v) is 8.09. The van der Waals surface area contributed by atoms with Crippen LogP contribution in [-0.4, -0.2) is 60.0 Å². The number of amides is 1. The number of benzene rings is 2. The number of aromatic amines is 1. The Bertz CT molecular complexity index is 1130. The van der Waals surface area contributed by atoms with E-state index in [-0.39, 0.29) is 11.3 Å². The minimum Gasteiger partial charge on any atom is -0.492 e. The number of carbonyl (C=O) groups excluding carboxylic acids is 1. The summed E-state index contributed by atoms with van der Waals surface area (Å²) in [5.74, 6) is 1.81. The summed E-state index contributed by atoms with van der Waals surface area (Å²) in [6, 6.07) is 18.7. The lowest BCUT2D eigenvalue weighted by Gasteiger charge is -2.45. The van der Waals surface area contributed by atoms with E-state index in [1.807, 2.05) is 24.3 Å². The van der Waals surface area contributed by atoms with Crippen LogP contribution in [0.25, 0.3) is 10.9 Å². The van der Waals surface area contributed by atoms with Crippen molar-refractivity contribution in [2.75, 3.05) is 39.3 Å². The quantitative estimate of drug-likeness (QED) is 0.482. The number of rotatable bonds is 3. The number of aryl methyl sites for hydroxylation is 1. The predicted octanol–water partition coefficient (Wildman–Crippen LogP) is 6.15. The van der Waals surface area contributed by atoms with Crippen molar-refractivity contribution in [3.8, 4) is 5.75 Å². The smallest absolute Gasteiger partial charge is 0.270 e. The number of fused-ring (bicyclic) bond motifs is 2. The lowest BCUT2D eigenvalue weighted by molar-refractivity contribution is 0.0352. The van der Waals surface area contributed by atoms with Gasteiger partial charge in [-0.2, -0.15) is 0 Å². The topological polar surface area (TPSA) is 48.6 Å². The summed E-state index contributed by atoms with van der Waals surface area (Å²) in [5.41, 5.74) is 3.34. The largest absolute Gasteiger partial charge is 0.492 e. The molecule has 0 aliphatic carbocycles. The number of H-pyrrole nitrogens is 1. The van der Waals surface area contributed by atoms with Crippen LogP contribution < -0.4 is 4.74 Å². The van der Waals surface area contributed by atoms with Crippen LogP contribution in [0.15, 0.2) is 54.6 Å². The molecule has 0 bridgehead atoms. The van der Waals surface area contributed by atoms with Gasteiger partial charge in [0.1, 0.15) is 18.1 Å². The number of aromatic nitrogens is 1. The molecule has 1 N–H and O–H groups in total. The third-order valence-electron chi connectivity index (χ3n) is 8.09. The molecule has 5 rings (SSSR count). The summed E-state index contributed by atoms with van der Waals surface area (Å²) in [7, 11) is 0. The van der Waals surface area contributed by atoms with Gasteiger partial charge in [0.25, 0.3) is 5.91 Å². The molecule has 1 amide bonds. The molecule has 0 saturated carbocycles. The Kier molecular flexibility index (Phi) is 7.66. The van der Waals surface area contributed by atoms with Gasteiger partial charge in [0.2, 0.25) is 0 Å². The van der Waals surface area contributed by atoms with E-state index in [2.05, 4.69) is 59.0 Å². The number of ether oxygens (including phenoxy) is 1. The van der Waals surface area contributed by atoms with Crippen molar-refractivity contribution in [2.45, 2.75) is 52.4 Å². The molecule has 192 valence electrons. The third kappa shape index (κ3) is 5.78. The summed E-state index contributed by atoms with van der Waals surface area (Å²) in [6.45, 7) is 10.2. The van der Waals surface area contributed by atoms with Crippen molar-refractivity contribution in [1.29, 1.82) is 0 Å². The van der Waals surface area contributed by atoms with Gasteiger partial charge in [0.15, 0.2) is 0 Å². The molecule has 0 radical (unpaired) electrons. The molecule has 0 unspecified atom stereocenters. The molecule has 2 aliphatic rings. The molecule has 1 spiro atoms. The first kappa shape index (κ1) is 24.9. The van der Waals surface area contributed by atoms with Crippen LogP contribution in [0.3, 0.4) is 0 Å². The fraction of sp³-hybridized carbons (Fsp3) is 0.516. The number of likely N-dealkylation sites (tertiary alicyclic amines) is 1. The number of para-hydroxylation sites is 2. The number of piperidine rings is 1. The highest BCUT2D eigenvalue weighted by Gasteiger charge is 2.37. The Morgan fingerprint density at radius 3 is 2.58 bits per heavy atom. The summed E-state index contributed by atoms with van der Waals surface area (Å²) in [5, 5.41) is 1.10. The van der Waals surface area contributed by atoms with Crippen molar-refractivity contribution in [1.82, 2.24) is 14.8 Å². The first-order chi connectivity index (χ1) is 17.5. The van der Waals surface area contributed by atoms with Crippen LogP contribution in [0.5, 0.6) is 5.75 Å². The highest BCUT2D eigenvalue weighted by Crippen LogP contribution is 2.39. The molecular weight excluding hydrogens is 446 g/mol. The first-order valence-corrected chi connectivity index (χ1v) is 13.8. The van der Waals surface area contributed by atoms with Crippen LogP contribution in [-0.2, 0) is 6.42 Å². The summed E-state index contributed by atoms with van der Waals surface area (Å²) in [4.78, 5) is 21.4. The van der Waals surface area contributed by atoms with E-state index in [4.69, 9.17) is 4.74 Å². The van der Waals surface area contributed by atoms with E-state index in [1.165, 1.54) is 24.8 Å². The maximum absolute atomic E-state index is 13.3. The van der Waals surface area contributed by atoms with E-state index < -0.39 is 0 Å². The number of nitrogens with one attached hydrogen (secondary N) is 1. The summed E-state index contributed by atoms with van der Waals surface area (Å²) < 4.78 is 6.27. The zero-order chi connectivity index (χ0) is 25.0.